The summed E-state index contributed by atoms with van der Waals surface area (Å²) in [4.78, 5) is 11.3. The van der Waals surface area contributed by atoms with E-state index in [9.17, 15) is 4.79 Å². The zero-order chi connectivity index (χ0) is 9.56. The molecule has 0 saturated heterocycles. The summed E-state index contributed by atoms with van der Waals surface area (Å²) >= 11 is 0. The lowest BCUT2D eigenvalue weighted by Crippen LogP contribution is -2.20. The summed E-state index contributed by atoms with van der Waals surface area (Å²) in [5.74, 6) is 0.128. The molecular weight excluding hydrogens is 152 g/mol. The van der Waals surface area contributed by atoms with Crippen LogP contribution < -0.4 is 0 Å². The minimum atomic E-state index is -0.279. The lowest BCUT2D eigenvalue weighted by Gasteiger charge is -2.10. The largest absolute Gasteiger partial charge is 0.371 e. The van der Waals surface area contributed by atoms with Crippen LogP contribution in [0.3, 0.4) is 0 Å². The number of rotatable bonds is 6. The highest BCUT2D eigenvalue weighted by Gasteiger charge is 2.12. The smallest absolute Gasteiger partial charge is 0.165 e. The van der Waals surface area contributed by atoms with Crippen molar-refractivity contribution in [2.45, 2.75) is 39.7 Å². The van der Waals surface area contributed by atoms with Crippen LogP contribution in [0.25, 0.3) is 0 Å². The molecule has 0 saturated carbocycles. The van der Waals surface area contributed by atoms with E-state index < -0.39 is 0 Å². The van der Waals surface area contributed by atoms with Crippen molar-refractivity contribution < 1.29 is 9.53 Å². The van der Waals surface area contributed by atoms with Crippen LogP contribution in [0.4, 0.5) is 0 Å². The molecule has 0 spiro atoms. The van der Waals surface area contributed by atoms with Gasteiger partial charge >= 0.3 is 0 Å². The van der Waals surface area contributed by atoms with E-state index in [0.717, 1.165) is 12.0 Å². The van der Waals surface area contributed by atoms with Gasteiger partial charge in [-0.2, -0.15) is 0 Å². The van der Waals surface area contributed by atoms with Crippen LogP contribution in [0.2, 0.25) is 0 Å². The second kappa shape index (κ2) is 5.95. The van der Waals surface area contributed by atoms with Gasteiger partial charge in [0.2, 0.25) is 0 Å². The molecule has 0 heterocycles. The summed E-state index contributed by atoms with van der Waals surface area (Å²) in [6.45, 7) is 10.0. The van der Waals surface area contributed by atoms with Gasteiger partial charge in [-0.1, -0.05) is 19.1 Å². The van der Waals surface area contributed by atoms with E-state index in [4.69, 9.17) is 4.74 Å². The highest BCUT2D eigenvalue weighted by Crippen LogP contribution is 2.07. The fourth-order valence-corrected chi connectivity index (χ4v) is 0.858. The molecule has 1 unspecified atom stereocenters. The molecule has 0 aliphatic carbocycles. The Labute approximate surface area is 74.6 Å². The Morgan fingerprint density at radius 1 is 1.50 bits per heavy atom. The Morgan fingerprint density at radius 2 is 2.08 bits per heavy atom. The van der Waals surface area contributed by atoms with E-state index in [-0.39, 0.29) is 11.9 Å². The summed E-state index contributed by atoms with van der Waals surface area (Å²) in [6, 6.07) is 0. The molecule has 0 radical (unpaired) electrons. The van der Waals surface area contributed by atoms with Crippen molar-refractivity contribution in [2.75, 3.05) is 6.61 Å². The van der Waals surface area contributed by atoms with Gasteiger partial charge in [0.05, 0.1) is 0 Å². The highest BCUT2D eigenvalue weighted by atomic mass is 16.5. The number of allylic oxidation sites excluding steroid dienone is 1. The van der Waals surface area contributed by atoms with Crippen LogP contribution in [0.1, 0.15) is 33.6 Å². The lowest BCUT2D eigenvalue weighted by molar-refractivity contribution is -0.128. The van der Waals surface area contributed by atoms with Gasteiger partial charge in [0.25, 0.3) is 0 Å². The third-order valence-corrected chi connectivity index (χ3v) is 1.79. The van der Waals surface area contributed by atoms with Crippen LogP contribution in [0.15, 0.2) is 12.2 Å². The maximum atomic E-state index is 11.3. The van der Waals surface area contributed by atoms with E-state index in [0.29, 0.717) is 13.0 Å². The van der Waals surface area contributed by atoms with Gasteiger partial charge in [-0.25, -0.2) is 0 Å². The van der Waals surface area contributed by atoms with Crippen molar-refractivity contribution in [2.24, 2.45) is 0 Å². The molecule has 0 rings (SSSR count). The van der Waals surface area contributed by atoms with Gasteiger partial charge in [0.1, 0.15) is 6.10 Å². The Hall–Kier alpha value is -0.630. The number of carbonyl (C=O) groups is 1. The topological polar surface area (TPSA) is 26.3 Å². The number of hydrogen-bond acceptors (Lipinski definition) is 2. The summed E-state index contributed by atoms with van der Waals surface area (Å²) in [7, 11) is 0. The van der Waals surface area contributed by atoms with Crippen molar-refractivity contribution in [3.8, 4) is 0 Å². The monoisotopic (exact) mass is 170 g/mol. The maximum absolute atomic E-state index is 11.3. The predicted molar refractivity (Wildman–Crippen MR) is 50.1 cm³/mol. The van der Waals surface area contributed by atoms with Crippen LogP contribution >= 0.6 is 0 Å². The average Bonchev–Trinajstić information content (AvgIpc) is 2.04. The third-order valence-electron chi connectivity index (χ3n) is 1.79. The van der Waals surface area contributed by atoms with Gasteiger partial charge in [-0.3, -0.25) is 4.79 Å². The van der Waals surface area contributed by atoms with Gasteiger partial charge in [-0.05, 0) is 20.3 Å². The first-order valence-electron chi connectivity index (χ1n) is 4.42. The molecule has 0 bridgehead atoms. The molecule has 0 aromatic heterocycles. The molecular formula is C10H18O2. The van der Waals surface area contributed by atoms with Crippen molar-refractivity contribution in [1.29, 1.82) is 0 Å². The zero-order valence-corrected chi connectivity index (χ0v) is 8.22. The first kappa shape index (κ1) is 11.4. The fraction of sp³-hybridized carbons (Fsp3) is 0.700. The second-order valence-electron chi connectivity index (χ2n) is 2.84. The van der Waals surface area contributed by atoms with E-state index in [1.165, 1.54) is 0 Å². The first-order chi connectivity index (χ1) is 5.61. The van der Waals surface area contributed by atoms with Gasteiger partial charge in [0.15, 0.2) is 5.78 Å². The number of carbonyl (C=O) groups excluding carboxylic acids is 1. The standard InChI is InChI=1S/C10H18O2/c1-5-8(3)7-10(11)9(4)12-6-2/h9H,3,5-7H2,1-2,4H3. The van der Waals surface area contributed by atoms with Crippen molar-refractivity contribution in [1.82, 2.24) is 0 Å². The Bertz CT molecular complexity index is 161. The summed E-state index contributed by atoms with van der Waals surface area (Å²) in [5, 5.41) is 0. The number of hydrogen-bond donors (Lipinski definition) is 0. The average molecular weight is 170 g/mol. The minimum absolute atomic E-state index is 0.128. The number of ether oxygens (including phenoxy) is 1. The molecule has 70 valence electrons. The molecule has 0 aromatic rings. The van der Waals surface area contributed by atoms with E-state index in [1.807, 2.05) is 13.8 Å². The summed E-state index contributed by atoms with van der Waals surface area (Å²) in [6.07, 6.45) is 1.04. The van der Waals surface area contributed by atoms with E-state index >= 15 is 0 Å². The molecule has 2 nitrogen and oxygen atoms in total. The summed E-state index contributed by atoms with van der Waals surface area (Å²) in [5.41, 5.74) is 0.978. The van der Waals surface area contributed by atoms with Crippen LogP contribution in [0, 0.1) is 0 Å². The normalized spacial score (nSPS) is 12.6. The number of ketones is 1. The van der Waals surface area contributed by atoms with Crippen LogP contribution in [-0.4, -0.2) is 18.5 Å². The molecule has 0 aliphatic heterocycles. The predicted octanol–water partition coefficient (Wildman–Crippen LogP) is 2.34. The molecule has 0 N–H and O–H groups in total. The highest BCUT2D eigenvalue weighted by molar-refractivity contribution is 5.84. The molecule has 2 heteroatoms. The summed E-state index contributed by atoms with van der Waals surface area (Å²) < 4.78 is 5.16. The Balaban J connectivity index is 3.78. The Morgan fingerprint density at radius 3 is 2.50 bits per heavy atom. The lowest BCUT2D eigenvalue weighted by atomic mass is 10.1. The van der Waals surface area contributed by atoms with Crippen LogP contribution in [-0.2, 0) is 9.53 Å². The third kappa shape index (κ3) is 4.29. The quantitative estimate of drug-likeness (QED) is 0.572. The zero-order valence-electron chi connectivity index (χ0n) is 8.22. The van der Waals surface area contributed by atoms with Gasteiger partial charge in [0, 0.05) is 13.0 Å². The van der Waals surface area contributed by atoms with E-state index in [2.05, 4.69) is 6.58 Å². The molecule has 0 aliphatic rings. The second-order valence-corrected chi connectivity index (χ2v) is 2.84. The molecule has 12 heavy (non-hydrogen) atoms. The fourth-order valence-electron chi connectivity index (χ4n) is 0.858. The van der Waals surface area contributed by atoms with Crippen LogP contribution in [0.5, 0.6) is 0 Å². The molecule has 1 atom stereocenters. The number of Topliss-reactive ketones (excluding diaryl/α,β-unsaturated/α-hetero) is 1. The van der Waals surface area contributed by atoms with Gasteiger partial charge < -0.3 is 4.74 Å². The molecule has 0 amide bonds. The van der Waals surface area contributed by atoms with E-state index in [1.54, 1.807) is 6.92 Å². The molecule has 0 fully saturated rings. The maximum Gasteiger partial charge on any atom is 0.165 e. The van der Waals surface area contributed by atoms with Crippen molar-refractivity contribution in [3.05, 3.63) is 12.2 Å². The Kier molecular flexibility index (Phi) is 5.64. The molecule has 0 aromatic carbocycles. The SMILES string of the molecule is C=C(CC)CC(=O)C(C)OCC. The minimum Gasteiger partial charge on any atom is -0.371 e. The van der Waals surface area contributed by atoms with Gasteiger partial charge in [-0.15, -0.1) is 0 Å². The first-order valence-corrected chi connectivity index (χ1v) is 4.42. The van der Waals surface area contributed by atoms with Crippen molar-refractivity contribution >= 4 is 5.78 Å². The van der Waals surface area contributed by atoms with Crippen molar-refractivity contribution in [3.63, 3.8) is 0 Å².